The summed E-state index contributed by atoms with van der Waals surface area (Å²) >= 11 is 0. The highest BCUT2D eigenvalue weighted by Gasteiger charge is 2.34. The van der Waals surface area contributed by atoms with Gasteiger partial charge in [0.1, 0.15) is 5.75 Å². The number of ether oxygens (including phenoxy) is 2. The number of rotatable bonds is 5. The summed E-state index contributed by atoms with van der Waals surface area (Å²) in [6.45, 7) is 6.41. The summed E-state index contributed by atoms with van der Waals surface area (Å²) in [5.41, 5.74) is 7.36. The number of hydrogen-bond acceptors (Lipinski definition) is 4. The minimum absolute atomic E-state index is 0.193. The third-order valence-electron chi connectivity index (χ3n) is 4.72. The molecule has 2 aliphatic rings. The van der Waals surface area contributed by atoms with Gasteiger partial charge in [-0.1, -0.05) is 19.1 Å². The van der Waals surface area contributed by atoms with Crippen LogP contribution in [0.25, 0.3) is 0 Å². The molecule has 21 heavy (non-hydrogen) atoms. The lowest BCUT2D eigenvalue weighted by Gasteiger charge is -2.37. The van der Waals surface area contributed by atoms with Crippen LogP contribution in [0.2, 0.25) is 0 Å². The molecule has 0 aliphatic carbocycles. The fraction of sp³-hybridized carbons (Fsp3) is 0.647. The fourth-order valence-electron chi connectivity index (χ4n) is 3.24. The second kappa shape index (κ2) is 5.95. The monoisotopic (exact) mass is 290 g/mol. The van der Waals surface area contributed by atoms with Gasteiger partial charge in [-0.2, -0.15) is 0 Å². The van der Waals surface area contributed by atoms with Gasteiger partial charge in [0.25, 0.3) is 0 Å². The largest absolute Gasteiger partial charge is 0.493 e. The highest BCUT2D eigenvalue weighted by molar-refractivity contribution is 5.30. The van der Waals surface area contributed by atoms with Crippen LogP contribution in [0.4, 0.5) is 0 Å². The summed E-state index contributed by atoms with van der Waals surface area (Å²) in [7, 11) is 2.18. The van der Waals surface area contributed by atoms with Gasteiger partial charge in [-0.05, 0) is 43.6 Å². The first-order valence-corrected chi connectivity index (χ1v) is 7.80. The van der Waals surface area contributed by atoms with Crippen LogP contribution < -0.4 is 10.5 Å². The average molecular weight is 290 g/mol. The van der Waals surface area contributed by atoms with Crippen molar-refractivity contribution in [2.45, 2.75) is 19.4 Å². The maximum absolute atomic E-state index is 5.89. The molecular formula is C17H26N2O2. The Hall–Kier alpha value is -1.10. The van der Waals surface area contributed by atoms with Crippen molar-refractivity contribution in [1.29, 1.82) is 0 Å². The van der Waals surface area contributed by atoms with Crippen molar-refractivity contribution in [3.05, 3.63) is 29.8 Å². The van der Waals surface area contributed by atoms with Gasteiger partial charge in [0.05, 0.1) is 19.8 Å². The van der Waals surface area contributed by atoms with Crippen LogP contribution in [0.15, 0.2) is 24.3 Å². The number of hydrogen-bond donors (Lipinski definition) is 1. The lowest BCUT2D eigenvalue weighted by atomic mass is 9.90. The van der Waals surface area contributed by atoms with E-state index in [0.717, 1.165) is 45.1 Å². The van der Waals surface area contributed by atoms with E-state index in [2.05, 4.69) is 43.1 Å². The summed E-state index contributed by atoms with van der Waals surface area (Å²) in [5, 5.41) is 0. The highest BCUT2D eigenvalue weighted by Crippen LogP contribution is 2.34. The lowest BCUT2D eigenvalue weighted by molar-refractivity contribution is -0.120. The Bertz CT molecular complexity index is 470. The van der Waals surface area contributed by atoms with Crippen LogP contribution in [0.5, 0.6) is 5.75 Å². The molecular weight excluding hydrogens is 264 g/mol. The number of nitrogens with zero attached hydrogens (tertiary/aromatic N) is 1. The highest BCUT2D eigenvalue weighted by atomic mass is 16.5. The third kappa shape index (κ3) is 3.23. The van der Waals surface area contributed by atoms with Crippen LogP contribution in [0, 0.1) is 11.3 Å². The van der Waals surface area contributed by atoms with Gasteiger partial charge >= 0.3 is 0 Å². The molecule has 2 fully saturated rings. The number of benzene rings is 1. The Morgan fingerprint density at radius 1 is 1.33 bits per heavy atom. The van der Waals surface area contributed by atoms with Crippen LogP contribution in [-0.4, -0.2) is 44.9 Å². The quantitative estimate of drug-likeness (QED) is 0.901. The van der Waals surface area contributed by atoms with E-state index in [1.54, 1.807) is 0 Å². The van der Waals surface area contributed by atoms with Crippen molar-refractivity contribution in [3.8, 4) is 5.75 Å². The third-order valence-corrected chi connectivity index (χ3v) is 4.72. The van der Waals surface area contributed by atoms with Crippen LogP contribution in [0.3, 0.4) is 0 Å². The van der Waals surface area contributed by atoms with Gasteiger partial charge in [-0.3, -0.25) is 4.90 Å². The Labute approximate surface area is 127 Å². The zero-order chi connectivity index (χ0) is 14.9. The molecule has 0 bridgehead atoms. The molecule has 1 aromatic rings. The first kappa shape index (κ1) is 14.8. The molecule has 2 aliphatic heterocycles. The molecule has 2 saturated heterocycles. The number of nitrogens with two attached hydrogens (primary N) is 1. The predicted octanol–water partition coefficient (Wildman–Crippen LogP) is 2.05. The van der Waals surface area contributed by atoms with Gasteiger partial charge in [0, 0.05) is 18.0 Å². The zero-order valence-corrected chi connectivity index (χ0v) is 13.0. The maximum atomic E-state index is 5.89. The molecule has 3 rings (SSSR count). The Kier molecular flexibility index (Phi) is 4.20. The molecule has 2 unspecified atom stereocenters. The molecule has 116 valence electrons. The summed E-state index contributed by atoms with van der Waals surface area (Å²) in [4.78, 5) is 2.40. The van der Waals surface area contributed by atoms with Crippen molar-refractivity contribution in [2.24, 2.45) is 17.1 Å². The van der Waals surface area contributed by atoms with Gasteiger partial charge in [-0.15, -0.1) is 0 Å². The van der Waals surface area contributed by atoms with Crippen molar-refractivity contribution >= 4 is 0 Å². The van der Waals surface area contributed by atoms with E-state index in [0.29, 0.717) is 12.0 Å². The van der Waals surface area contributed by atoms with Gasteiger partial charge in [-0.25, -0.2) is 0 Å². The Morgan fingerprint density at radius 2 is 2.05 bits per heavy atom. The van der Waals surface area contributed by atoms with Crippen molar-refractivity contribution in [1.82, 2.24) is 4.90 Å². The van der Waals surface area contributed by atoms with Crippen molar-refractivity contribution < 1.29 is 9.47 Å². The number of likely N-dealkylation sites (tertiary alicyclic amines) is 1. The fourth-order valence-corrected chi connectivity index (χ4v) is 3.24. The van der Waals surface area contributed by atoms with Gasteiger partial charge in [0.2, 0.25) is 0 Å². The van der Waals surface area contributed by atoms with E-state index in [1.165, 1.54) is 5.56 Å². The normalized spacial score (nSPS) is 28.3. The molecule has 0 saturated carbocycles. The van der Waals surface area contributed by atoms with E-state index in [1.807, 2.05) is 0 Å². The Balaban J connectivity index is 1.59. The van der Waals surface area contributed by atoms with Crippen molar-refractivity contribution in [2.75, 3.05) is 40.0 Å². The minimum Gasteiger partial charge on any atom is -0.493 e. The lowest BCUT2D eigenvalue weighted by Crippen LogP contribution is -2.44. The van der Waals surface area contributed by atoms with E-state index in [4.69, 9.17) is 15.2 Å². The topological polar surface area (TPSA) is 47.7 Å². The SMILES string of the molecule is CN1CC(CN)CC1c1ccc(OCC2(C)COC2)cc1. The zero-order valence-electron chi connectivity index (χ0n) is 13.0. The molecule has 1 aromatic carbocycles. The van der Waals surface area contributed by atoms with E-state index >= 15 is 0 Å². The standard InChI is InChI=1S/C17H26N2O2/c1-17(10-20-11-17)12-21-15-5-3-14(4-6-15)16-7-13(8-18)9-19(16)2/h3-6,13,16H,7-12,18H2,1-2H3. The summed E-state index contributed by atoms with van der Waals surface area (Å²) in [6, 6.07) is 9.04. The van der Waals surface area contributed by atoms with Crippen LogP contribution >= 0.6 is 0 Å². The molecule has 0 spiro atoms. The predicted molar refractivity (Wildman–Crippen MR) is 83.4 cm³/mol. The molecule has 2 atom stereocenters. The molecule has 0 amide bonds. The van der Waals surface area contributed by atoms with E-state index < -0.39 is 0 Å². The average Bonchev–Trinajstić information content (AvgIpc) is 2.85. The molecule has 0 aromatic heterocycles. The molecule has 4 nitrogen and oxygen atoms in total. The van der Waals surface area contributed by atoms with Crippen LogP contribution in [0.1, 0.15) is 24.9 Å². The Morgan fingerprint density at radius 3 is 2.57 bits per heavy atom. The maximum Gasteiger partial charge on any atom is 0.119 e. The smallest absolute Gasteiger partial charge is 0.119 e. The summed E-state index contributed by atoms with van der Waals surface area (Å²) in [5.74, 6) is 1.57. The van der Waals surface area contributed by atoms with Gasteiger partial charge in [0.15, 0.2) is 0 Å². The van der Waals surface area contributed by atoms with Crippen molar-refractivity contribution in [3.63, 3.8) is 0 Å². The molecule has 2 heterocycles. The summed E-state index contributed by atoms with van der Waals surface area (Å²) in [6.07, 6.45) is 1.16. The first-order valence-electron chi connectivity index (χ1n) is 7.80. The summed E-state index contributed by atoms with van der Waals surface area (Å²) < 4.78 is 11.1. The first-order chi connectivity index (χ1) is 10.1. The second-order valence-electron chi connectivity index (χ2n) is 6.95. The van der Waals surface area contributed by atoms with E-state index in [9.17, 15) is 0 Å². The van der Waals surface area contributed by atoms with E-state index in [-0.39, 0.29) is 5.41 Å². The minimum atomic E-state index is 0.193. The molecule has 2 N–H and O–H groups in total. The van der Waals surface area contributed by atoms with Crippen LogP contribution in [-0.2, 0) is 4.74 Å². The second-order valence-corrected chi connectivity index (χ2v) is 6.95. The molecule has 0 radical (unpaired) electrons. The van der Waals surface area contributed by atoms with Gasteiger partial charge < -0.3 is 15.2 Å². The molecule has 4 heteroatoms.